The lowest BCUT2D eigenvalue weighted by Crippen LogP contribution is -2.23. The van der Waals surface area contributed by atoms with Gasteiger partial charge in [0, 0.05) is 25.6 Å². The van der Waals surface area contributed by atoms with Crippen LogP contribution in [0.5, 0.6) is 17.2 Å². The number of aliphatic carboxylic acids is 1. The van der Waals surface area contributed by atoms with E-state index in [1.807, 2.05) is 49.4 Å². The van der Waals surface area contributed by atoms with Crippen LogP contribution in [0.2, 0.25) is 0 Å². The molecule has 1 N–H and O–H groups in total. The Bertz CT molecular complexity index is 837. The maximum absolute atomic E-state index is 11.9. The molecule has 0 aliphatic carbocycles. The SMILES string of the molecule is CCOc1cccc(CN2C[C@H](C(=O)O)[C@@H](c3ccc4c(c3)OCO4)C2)c1. The van der Waals surface area contributed by atoms with E-state index in [2.05, 4.69) is 4.90 Å². The molecule has 0 saturated carbocycles. The maximum Gasteiger partial charge on any atom is 0.308 e. The van der Waals surface area contributed by atoms with Crippen molar-refractivity contribution >= 4 is 5.97 Å². The minimum Gasteiger partial charge on any atom is -0.494 e. The molecule has 27 heavy (non-hydrogen) atoms. The van der Waals surface area contributed by atoms with Gasteiger partial charge in [-0.2, -0.15) is 0 Å². The minimum absolute atomic E-state index is 0.0768. The summed E-state index contributed by atoms with van der Waals surface area (Å²) in [6, 6.07) is 13.7. The molecule has 6 heteroatoms. The third-order valence-electron chi connectivity index (χ3n) is 5.15. The van der Waals surface area contributed by atoms with E-state index in [1.165, 1.54) is 0 Å². The number of hydrogen-bond donors (Lipinski definition) is 1. The molecule has 2 aliphatic rings. The average Bonchev–Trinajstić information content (AvgIpc) is 3.28. The molecule has 2 aromatic carbocycles. The Labute approximate surface area is 158 Å². The first-order valence-electron chi connectivity index (χ1n) is 9.20. The normalized spacial score (nSPS) is 21.4. The molecule has 1 saturated heterocycles. The third-order valence-corrected chi connectivity index (χ3v) is 5.15. The van der Waals surface area contributed by atoms with Crippen molar-refractivity contribution in [2.75, 3.05) is 26.5 Å². The summed E-state index contributed by atoms with van der Waals surface area (Å²) in [6.45, 7) is 4.71. The van der Waals surface area contributed by atoms with Crippen molar-refractivity contribution in [2.45, 2.75) is 19.4 Å². The first kappa shape index (κ1) is 17.7. The summed E-state index contributed by atoms with van der Waals surface area (Å²) in [5.74, 6) is 0.972. The zero-order valence-corrected chi connectivity index (χ0v) is 15.3. The van der Waals surface area contributed by atoms with E-state index >= 15 is 0 Å². The lowest BCUT2D eigenvalue weighted by atomic mass is 9.89. The second kappa shape index (κ2) is 7.48. The van der Waals surface area contributed by atoms with Gasteiger partial charge in [0.2, 0.25) is 6.79 Å². The number of ether oxygens (including phenoxy) is 3. The highest BCUT2D eigenvalue weighted by molar-refractivity contribution is 5.72. The van der Waals surface area contributed by atoms with Crippen LogP contribution in [0.3, 0.4) is 0 Å². The summed E-state index contributed by atoms with van der Waals surface area (Å²) in [4.78, 5) is 14.0. The molecule has 1 fully saturated rings. The van der Waals surface area contributed by atoms with Crippen molar-refractivity contribution in [2.24, 2.45) is 5.92 Å². The van der Waals surface area contributed by atoms with Gasteiger partial charge in [-0.1, -0.05) is 18.2 Å². The molecule has 142 valence electrons. The van der Waals surface area contributed by atoms with Crippen molar-refractivity contribution < 1.29 is 24.1 Å². The van der Waals surface area contributed by atoms with E-state index < -0.39 is 11.9 Å². The second-order valence-electron chi connectivity index (χ2n) is 6.94. The number of hydrogen-bond acceptors (Lipinski definition) is 5. The lowest BCUT2D eigenvalue weighted by molar-refractivity contribution is -0.141. The summed E-state index contributed by atoms with van der Waals surface area (Å²) >= 11 is 0. The van der Waals surface area contributed by atoms with E-state index in [0.717, 1.165) is 16.9 Å². The molecule has 0 bridgehead atoms. The number of carboxylic acids is 1. The van der Waals surface area contributed by atoms with E-state index in [0.29, 0.717) is 37.7 Å². The average molecular weight is 369 g/mol. The van der Waals surface area contributed by atoms with Gasteiger partial charge in [0.1, 0.15) is 5.75 Å². The van der Waals surface area contributed by atoms with Gasteiger partial charge in [0.25, 0.3) is 0 Å². The number of carbonyl (C=O) groups is 1. The van der Waals surface area contributed by atoms with Gasteiger partial charge in [-0.3, -0.25) is 9.69 Å². The molecule has 2 aliphatic heterocycles. The number of likely N-dealkylation sites (tertiary alicyclic amines) is 1. The van der Waals surface area contributed by atoms with E-state index in [4.69, 9.17) is 14.2 Å². The predicted molar refractivity (Wildman–Crippen MR) is 99.3 cm³/mol. The van der Waals surface area contributed by atoms with Crippen LogP contribution >= 0.6 is 0 Å². The van der Waals surface area contributed by atoms with Gasteiger partial charge in [0.15, 0.2) is 11.5 Å². The van der Waals surface area contributed by atoms with E-state index in [-0.39, 0.29) is 12.7 Å². The Balaban J connectivity index is 1.52. The Kier molecular flexibility index (Phi) is 4.90. The number of rotatable bonds is 6. The molecule has 0 unspecified atom stereocenters. The second-order valence-corrected chi connectivity index (χ2v) is 6.94. The van der Waals surface area contributed by atoms with Crippen molar-refractivity contribution in [1.82, 2.24) is 4.90 Å². The molecule has 6 nitrogen and oxygen atoms in total. The van der Waals surface area contributed by atoms with Gasteiger partial charge in [0.05, 0.1) is 12.5 Å². The maximum atomic E-state index is 11.9. The quantitative estimate of drug-likeness (QED) is 0.844. The van der Waals surface area contributed by atoms with Crippen LogP contribution in [0.15, 0.2) is 42.5 Å². The van der Waals surface area contributed by atoms with Crippen molar-refractivity contribution in [3.8, 4) is 17.2 Å². The fraction of sp³-hybridized carbons (Fsp3) is 0.381. The summed E-state index contributed by atoms with van der Waals surface area (Å²) in [6.07, 6.45) is 0. The molecule has 2 aromatic rings. The van der Waals surface area contributed by atoms with Crippen molar-refractivity contribution in [3.05, 3.63) is 53.6 Å². The molecule has 2 heterocycles. The van der Waals surface area contributed by atoms with Crippen LogP contribution in [0.25, 0.3) is 0 Å². The first-order chi connectivity index (χ1) is 13.1. The topological polar surface area (TPSA) is 68.2 Å². The third kappa shape index (κ3) is 3.71. The highest BCUT2D eigenvalue weighted by atomic mass is 16.7. The summed E-state index contributed by atoms with van der Waals surface area (Å²) < 4.78 is 16.4. The monoisotopic (exact) mass is 369 g/mol. The molecule has 4 rings (SSSR count). The van der Waals surface area contributed by atoms with Gasteiger partial charge < -0.3 is 19.3 Å². The largest absolute Gasteiger partial charge is 0.494 e. The molecule has 2 atom stereocenters. The fourth-order valence-electron chi connectivity index (χ4n) is 3.90. The van der Waals surface area contributed by atoms with Gasteiger partial charge >= 0.3 is 5.97 Å². The Morgan fingerprint density at radius 2 is 2.04 bits per heavy atom. The Hall–Kier alpha value is -2.73. The number of benzene rings is 2. The highest BCUT2D eigenvalue weighted by Crippen LogP contribution is 2.39. The smallest absolute Gasteiger partial charge is 0.308 e. The van der Waals surface area contributed by atoms with Crippen LogP contribution < -0.4 is 14.2 Å². The summed E-state index contributed by atoms with van der Waals surface area (Å²) in [5, 5.41) is 9.73. The van der Waals surface area contributed by atoms with Gasteiger partial charge in [-0.25, -0.2) is 0 Å². The highest BCUT2D eigenvalue weighted by Gasteiger charge is 2.39. The first-order valence-corrected chi connectivity index (χ1v) is 9.20. The van der Waals surface area contributed by atoms with Crippen molar-refractivity contribution in [1.29, 1.82) is 0 Å². The zero-order valence-electron chi connectivity index (χ0n) is 15.3. The van der Waals surface area contributed by atoms with E-state index in [1.54, 1.807) is 0 Å². The molecular weight excluding hydrogens is 346 g/mol. The van der Waals surface area contributed by atoms with Crippen molar-refractivity contribution in [3.63, 3.8) is 0 Å². The number of nitrogens with zero attached hydrogens (tertiary/aromatic N) is 1. The van der Waals surface area contributed by atoms with Crippen LogP contribution in [0.4, 0.5) is 0 Å². The molecule has 0 spiro atoms. The predicted octanol–water partition coefficient (Wildman–Crippen LogP) is 3.11. The van der Waals surface area contributed by atoms with Crippen LogP contribution in [-0.4, -0.2) is 42.5 Å². The fourth-order valence-corrected chi connectivity index (χ4v) is 3.90. The minimum atomic E-state index is -0.761. The summed E-state index contributed by atoms with van der Waals surface area (Å²) in [7, 11) is 0. The van der Waals surface area contributed by atoms with Crippen LogP contribution in [0, 0.1) is 5.92 Å². The zero-order chi connectivity index (χ0) is 18.8. The molecule has 0 radical (unpaired) electrons. The van der Waals surface area contributed by atoms with Crippen LogP contribution in [-0.2, 0) is 11.3 Å². The Morgan fingerprint density at radius 3 is 2.85 bits per heavy atom. The lowest BCUT2D eigenvalue weighted by Gasteiger charge is -2.17. The van der Waals surface area contributed by atoms with E-state index in [9.17, 15) is 9.90 Å². The number of carboxylic acid groups (broad SMARTS) is 1. The summed E-state index contributed by atoms with van der Waals surface area (Å²) in [5.41, 5.74) is 2.11. The van der Waals surface area contributed by atoms with Gasteiger partial charge in [-0.05, 0) is 42.3 Å². The molecule has 0 aromatic heterocycles. The number of fused-ring (bicyclic) bond motifs is 1. The van der Waals surface area contributed by atoms with Gasteiger partial charge in [-0.15, -0.1) is 0 Å². The van der Waals surface area contributed by atoms with Crippen LogP contribution in [0.1, 0.15) is 24.0 Å². The Morgan fingerprint density at radius 1 is 1.19 bits per heavy atom. The molecule has 0 amide bonds. The molecular formula is C21H23NO5. The standard InChI is InChI=1S/C21H23NO5/c1-2-25-16-5-3-4-14(8-16)10-22-11-17(18(12-22)21(23)24)15-6-7-19-20(9-15)27-13-26-19/h3-9,17-18H,2,10-13H2,1H3,(H,23,24)/t17-,18+/m1/s1.